The Morgan fingerprint density at radius 2 is 2.05 bits per heavy atom. The molecule has 12 nitrogen and oxygen atoms in total. The molecule has 1 aliphatic rings. The Morgan fingerprint density at radius 1 is 1.38 bits per heavy atom. The molecule has 0 aliphatic carbocycles. The first-order valence-corrected chi connectivity index (χ1v) is 7.12. The number of aliphatic hydroxyl groups is 2. The first-order chi connectivity index (χ1) is 9.69. The Bertz CT molecular complexity index is 665. The molecule has 1 fully saturated rings. The van der Waals surface area contributed by atoms with Crippen LogP contribution in [-0.4, -0.2) is 59.7 Å². The minimum atomic E-state index is -4.78. The quantitative estimate of drug-likeness (QED) is 0.350. The van der Waals surface area contributed by atoms with Crippen LogP contribution in [0.4, 0.5) is 0 Å². The van der Waals surface area contributed by atoms with Gasteiger partial charge < -0.3 is 24.7 Å². The van der Waals surface area contributed by atoms with Crippen LogP contribution in [0, 0.1) is 0 Å². The number of aliphatic hydroxyl groups excluding tert-OH is 2. The van der Waals surface area contributed by atoms with Crippen LogP contribution in [0.2, 0.25) is 0 Å². The van der Waals surface area contributed by atoms with Crippen LogP contribution in [0.25, 0.3) is 0 Å². The molecule has 1 aliphatic heterocycles. The van der Waals surface area contributed by atoms with Crippen molar-refractivity contribution >= 4 is 7.82 Å². The number of ether oxygens (including phenoxy) is 1. The fraction of sp³-hybridized carbons (Fsp3) is 0.625. The van der Waals surface area contributed by atoms with Gasteiger partial charge in [0.05, 0.1) is 6.61 Å². The van der Waals surface area contributed by atoms with E-state index in [4.69, 9.17) is 14.5 Å². The molecule has 5 N–H and O–H groups in total. The second-order valence-electron chi connectivity index (χ2n) is 4.22. The van der Waals surface area contributed by atoms with E-state index in [0.717, 1.165) is 6.20 Å². The molecule has 0 bridgehead atoms. The topological polar surface area (TPSA) is 184 Å². The van der Waals surface area contributed by atoms with E-state index in [0.29, 0.717) is 4.68 Å². The number of rotatable bonds is 4. The number of hydrogen-bond donors (Lipinski definition) is 5. The summed E-state index contributed by atoms with van der Waals surface area (Å²) in [6, 6.07) is 0. The number of phosphoric acid groups is 1. The van der Waals surface area contributed by atoms with E-state index in [2.05, 4.69) is 9.62 Å². The summed E-state index contributed by atoms with van der Waals surface area (Å²) in [7, 11) is -4.78. The number of aromatic amines is 1. The van der Waals surface area contributed by atoms with Crippen molar-refractivity contribution < 1.29 is 33.8 Å². The molecule has 1 aromatic rings. The van der Waals surface area contributed by atoms with E-state index in [9.17, 15) is 24.4 Å². The number of aromatic nitrogens is 3. The van der Waals surface area contributed by atoms with Crippen molar-refractivity contribution in [2.75, 3.05) is 6.61 Å². The summed E-state index contributed by atoms with van der Waals surface area (Å²) in [5.41, 5.74) is -1.74. The van der Waals surface area contributed by atoms with Gasteiger partial charge in [-0.1, -0.05) is 0 Å². The highest BCUT2D eigenvalue weighted by molar-refractivity contribution is 7.46. The maximum Gasteiger partial charge on any atom is 0.469 e. The van der Waals surface area contributed by atoms with Gasteiger partial charge in [-0.25, -0.2) is 9.36 Å². The smallest absolute Gasteiger partial charge is 0.387 e. The summed E-state index contributed by atoms with van der Waals surface area (Å²) in [6.07, 6.45) is -5.13. The zero-order valence-electron chi connectivity index (χ0n) is 10.3. The summed E-state index contributed by atoms with van der Waals surface area (Å²) in [5, 5.41) is 23.0. The minimum Gasteiger partial charge on any atom is -0.387 e. The zero-order chi connectivity index (χ0) is 15.8. The van der Waals surface area contributed by atoms with E-state index >= 15 is 0 Å². The number of hydrogen-bond acceptors (Lipinski definition) is 8. The van der Waals surface area contributed by atoms with Crippen molar-refractivity contribution in [2.45, 2.75) is 24.5 Å². The Kier molecular flexibility index (Phi) is 4.39. The van der Waals surface area contributed by atoms with Gasteiger partial charge in [-0.3, -0.25) is 14.3 Å². The van der Waals surface area contributed by atoms with Crippen molar-refractivity contribution in [1.82, 2.24) is 14.8 Å². The average Bonchev–Trinajstić information content (AvgIpc) is 2.64. The van der Waals surface area contributed by atoms with E-state index in [1.54, 1.807) is 0 Å². The van der Waals surface area contributed by atoms with Crippen LogP contribution >= 0.6 is 7.82 Å². The zero-order valence-corrected chi connectivity index (χ0v) is 11.2. The second kappa shape index (κ2) is 5.77. The Labute approximate surface area is 115 Å². The maximum atomic E-state index is 11.5. The van der Waals surface area contributed by atoms with Gasteiger partial charge >= 0.3 is 13.5 Å². The number of nitrogens with one attached hydrogen (secondary N) is 1. The highest BCUT2D eigenvalue weighted by Gasteiger charge is 2.45. The Hall–Kier alpha value is -1.40. The molecule has 0 radical (unpaired) electrons. The van der Waals surface area contributed by atoms with Gasteiger partial charge in [0.1, 0.15) is 24.5 Å². The minimum absolute atomic E-state index is 0.590. The molecule has 1 aromatic heterocycles. The molecule has 118 valence electrons. The van der Waals surface area contributed by atoms with Crippen LogP contribution < -0.4 is 11.2 Å². The van der Waals surface area contributed by atoms with Crippen molar-refractivity contribution in [3.63, 3.8) is 0 Å². The predicted molar refractivity (Wildman–Crippen MR) is 63.0 cm³/mol. The summed E-state index contributed by atoms with van der Waals surface area (Å²) in [4.78, 5) is 41.4. The largest absolute Gasteiger partial charge is 0.469 e. The van der Waals surface area contributed by atoms with Crippen LogP contribution in [0.1, 0.15) is 6.23 Å². The molecule has 1 saturated heterocycles. The third kappa shape index (κ3) is 3.63. The molecule has 2 rings (SSSR count). The molecule has 1 unspecified atom stereocenters. The third-order valence-corrected chi connectivity index (χ3v) is 3.21. The van der Waals surface area contributed by atoms with E-state index in [1.165, 1.54) is 0 Å². The molecule has 0 aromatic carbocycles. The first kappa shape index (κ1) is 16.0. The van der Waals surface area contributed by atoms with Gasteiger partial charge in [0.2, 0.25) is 0 Å². The highest BCUT2D eigenvalue weighted by Crippen LogP contribution is 2.38. The maximum absolute atomic E-state index is 11.5. The molecule has 13 heteroatoms. The first-order valence-electron chi connectivity index (χ1n) is 5.59. The summed E-state index contributed by atoms with van der Waals surface area (Å²) < 4.78 is 20.4. The number of phosphoric ester groups is 1. The predicted octanol–water partition coefficient (Wildman–Crippen LogP) is -3.34. The fourth-order valence-corrected chi connectivity index (χ4v) is 2.12. The summed E-state index contributed by atoms with van der Waals surface area (Å²) >= 11 is 0. The van der Waals surface area contributed by atoms with Gasteiger partial charge in [0.25, 0.3) is 5.56 Å². The van der Waals surface area contributed by atoms with Gasteiger partial charge in [-0.15, -0.1) is 0 Å². The van der Waals surface area contributed by atoms with Crippen LogP contribution in [0.5, 0.6) is 0 Å². The van der Waals surface area contributed by atoms with Crippen molar-refractivity contribution in [1.29, 1.82) is 0 Å². The molecule has 2 heterocycles. The van der Waals surface area contributed by atoms with E-state index < -0.39 is 50.2 Å². The van der Waals surface area contributed by atoms with Crippen LogP contribution in [0.3, 0.4) is 0 Å². The standard InChI is InChI=1S/C8H12N3O9P/c12-4-1-9-11(8(15)10-4)7-6(14)5(13)3(20-7)2-19-21(16,17)18/h1,3,5-7,13-14H,2H2,(H,10,12,15)(H2,16,17,18)/t3-,5-,6-,7?/m1/s1. The lowest BCUT2D eigenvalue weighted by Gasteiger charge is -2.15. The molecule has 4 atom stereocenters. The SMILES string of the molecule is O=c1cnn(C2O[C@H](COP(=O)(O)O)[C@@H](O)[C@H]2O)c(=O)[nH]1. The monoisotopic (exact) mass is 325 g/mol. The normalized spacial score (nSPS) is 29.7. The molecular formula is C8H12N3O9P. The highest BCUT2D eigenvalue weighted by atomic mass is 31.2. The average molecular weight is 325 g/mol. The fourth-order valence-electron chi connectivity index (χ4n) is 1.78. The van der Waals surface area contributed by atoms with Gasteiger partial charge in [0, 0.05) is 0 Å². The van der Waals surface area contributed by atoms with E-state index in [1.807, 2.05) is 4.98 Å². The summed E-state index contributed by atoms with van der Waals surface area (Å²) in [6.45, 7) is -0.711. The summed E-state index contributed by atoms with van der Waals surface area (Å²) in [5.74, 6) is 0. The lowest BCUT2D eigenvalue weighted by atomic mass is 10.1. The Morgan fingerprint density at radius 3 is 2.62 bits per heavy atom. The number of nitrogens with zero attached hydrogens (tertiary/aromatic N) is 2. The van der Waals surface area contributed by atoms with Crippen LogP contribution in [-0.2, 0) is 13.8 Å². The Balaban J connectivity index is 2.18. The van der Waals surface area contributed by atoms with Crippen molar-refractivity contribution in [3.8, 4) is 0 Å². The van der Waals surface area contributed by atoms with Gasteiger partial charge in [0.15, 0.2) is 6.23 Å². The lowest BCUT2D eigenvalue weighted by Crippen LogP contribution is -2.39. The molecule has 0 saturated carbocycles. The number of H-pyrrole nitrogens is 1. The molecule has 0 spiro atoms. The molecular weight excluding hydrogens is 313 g/mol. The third-order valence-electron chi connectivity index (χ3n) is 2.72. The van der Waals surface area contributed by atoms with Crippen molar-refractivity contribution in [3.05, 3.63) is 27.0 Å². The van der Waals surface area contributed by atoms with Gasteiger partial charge in [-0.05, 0) is 0 Å². The van der Waals surface area contributed by atoms with Crippen LogP contribution in [0.15, 0.2) is 15.8 Å². The lowest BCUT2D eigenvalue weighted by molar-refractivity contribution is -0.0610. The molecule has 21 heavy (non-hydrogen) atoms. The second-order valence-corrected chi connectivity index (χ2v) is 5.46. The van der Waals surface area contributed by atoms with Gasteiger partial charge in [-0.2, -0.15) is 9.78 Å². The van der Waals surface area contributed by atoms with Crippen molar-refractivity contribution in [2.24, 2.45) is 0 Å². The van der Waals surface area contributed by atoms with E-state index in [-0.39, 0.29) is 0 Å². The molecule has 0 amide bonds.